The molecular formula is C16H22N2O2. The van der Waals surface area contributed by atoms with Crippen molar-refractivity contribution in [1.29, 1.82) is 0 Å². The second-order valence-corrected chi connectivity index (χ2v) is 5.20. The number of nitrogens with two attached hydrogens (primary N) is 1. The highest BCUT2D eigenvalue weighted by atomic mass is 16.5. The molecule has 1 aromatic heterocycles. The number of esters is 1. The SMILES string of the molecule is COC(=O)Cn1cc(CCCN)c2cc(C)c(C)cc21. The number of aryl methyl sites for hydroxylation is 3. The first-order chi connectivity index (χ1) is 9.56. The van der Waals surface area contributed by atoms with Crippen molar-refractivity contribution in [2.75, 3.05) is 13.7 Å². The van der Waals surface area contributed by atoms with Gasteiger partial charge in [0.25, 0.3) is 0 Å². The van der Waals surface area contributed by atoms with E-state index in [1.807, 2.05) is 4.57 Å². The third-order valence-electron chi connectivity index (χ3n) is 3.76. The smallest absolute Gasteiger partial charge is 0.325 e. The van der Waals surface area contributed by atoms with E-state index in [2.05, 4.69) is 32.2 Å². The van der Waals surface area contributed by atoms with Gasteiger partial charge in [0.15, 0.2) is 0 Å². The van der Waals surface area contributed by atoms with E-state index >= 15 is 0 Å². The van der Waals surface area contributed by atoms with Gasteiger partial charge < -0.3 is 15.0 Å². The number of benzene rings is 1. The zero-order valence-electron chi connectivity index (χ0n) is 12.4. The predicted molar refractivity (Wildman–Crippen MR) is 80.8 cm³/mol. The Kier molecular flexibility index (Phi) is 4.45. The highest BCUT2D eigenvalue weighted by Gasteiger charge is 2.12. The van der Waals surface area contributed by atoms with Gasteiger partial charge in [-0.25, -0.2) is 0 Å². The second kappa shape index (κ2) is 6.09. The maximum atomic E-state index is 11.5. The summed E-state index contributed by atoms with van der Waals surface area (Å²) in [6, 6.07) is 4.34. The fraction of sp³-hybridized carbons (Fsp3) is 0.438. The van der Waals surface area contributed by atoms with Crippen molar-refractivity contribution in [3.8, 4) is 0 Å². The minimum atomic E-state index is -0.231. The number of hydrogen-bond acceptors (Lipinski definition) is 3. The summed E-state index contributed by atoms with van der Waals surface area (Å²) in [5.74, 6) is -0.231. The summed E-state index contributed by atoms with van der Waals surface area (Å²) in [6.07, 6.45) is 3.93. The molecule has 4 nitrogen and oxygen atoms in total. The molecule has 0 atom stereocenters. The fourth-order valence-electron chi connectivity index (χ4n) is 2.45. The lowest BCUT2D eigenvalue weighted by atomic mass is 10.0. The highest BCUT2D eigenvalue weighted by Crippen LogP contribution is 2.26. The molecule has 108 valence electrons. The molecule has 1 aromatic carbocycles. The summed E-state index contributed by atoms with van der Waals surface area (Å²) < 4.78 is 6.74. The number of carbonyl (C=O) groups excluding carboxylic acids is 1. The van der Waals surface area contributed by atoms with E-state index in [-0.39, 0.29) is 12.5 Å². The van der Waals surface area contributed by atoms with Crippen molar-refractivity contribution < 1.29 is 9.53 Å². The maximum Gasteiger partial charge on any atom is 0.325 e. The Morgan fingerprint density at radius 1 is 1.30 bits per heavy atom. The van der Waals surface area contributed by atoms with Crippen molar-refractivity contribution in [1.82, 2.24) is 4.57 Å². The van der Waals surface area contributed by atoms with Gasteiger partial charge in [-0.2, -0.15) is 0 Å². The van der Waals surface area contributed by atoms with E-state index in [1.54, 1.807) is 0 Å². The Morgan fingerprint density at radius 2 is 2.00 bits per heavy atom. The van der Waals surface area contributed by atoms with E-state index in [4.69, 9.17) is 10.5 Å². The van der Waals surface area contributed by atoms with Crippen molar-refractivity contribution in [3.63, 3.8) is 0 Å². The molecule has 0 saturated carbocycles. The van der Waals surface area contributed by atoms with Gasteiger partial charge in [-0.3, -0.25) is 4.79 Å². The van der Waals surface area contributed by atoms with Gasteiger partial charge in [0.1, 0.15) is 6.54 Å². The van der Waals surface area contributed by atoms with E-state index in [1.165, 1.54) is 29.2 Å². The average Bonchev–Trinajstić information content (AvgIpc) is 2.74. The van der Waals surface area contributed by atoms with Crippen LogP contribution in [0.2, 0.25) is 0 Å². The van der Waals surface area contributed by atoms with Crippen molar-refractivity contribution >= 4 is 16.9 Å². The number of carbonyl (C=O) groups is 1. The molecule has 0 amide bonds. The predicted octanol–water partition coefficient (Wildman–Crippen LogP) is 2.32. The van der Waals surface area contributed by atoms with Gasteiger partial charge in [-0.15, -0.1) is 0 Å². The second-order valence-electron chi connectivity index (χ2n) is 5.20. The molecule has 2 N–H and O–H groups in total. The van der Waals surface area contributed by atoms with E-state index in [0.29, 0.717) is 6.54 Å². The number of fused-ring (bicyclic) bond motifs is 1. The van der Waals surface area contributed by atoms with Gasteiger partial charge in [0, 0.05) is 17.1 Å². The van der Waals surface area contributed by atoms with E-state index in [0.717, 1.165) is 18.4 Å². The Bertz CT molecular complexity index is 629. The number of rotatable bonds is 5. The normalized spacial score (nSPS) is 11.0. The quantitative estimate of drug-likeness (QED) is 0.851. The summed E-state index contributed by atoms with van der Waals surface area (Å²) in [7, 11) is 1.42. The van der Waals surface area contributed by atoms with Crippen molar-refractivity contribution in [2.24, 2.45) is 5.73 Å². The lowest BCUT2D eigenvalue weighted by molar-refractivity contribution is -0.141. The molecule has 20 heavy (non-hydrogen) atoms. The van der Waals surface area contributed by atoms with Gasteiger partial charge in [-0.1, -0.05) is 0 Å². The molecule has 0 radical (unpaired) electrons. The Hall–Kier alpha value is -1.81. The van der Waals surface area contributed by atoms with Crippen molar-refractivity contribution in [2.45, 2.75) is 33.2 Å². The zero-order valence-corrected chi connectivity index (χ0v) is 12.4. The first-order valence-corrected chi connectivity index (χ1v) is 6.92. The van der Waals surface area contributed by atoms with Crippen LogP contribution in [-0.4, -0.2) is 24.2 Å². The Labute approximate surface area is 119 Å². The van der Waals surface area contributed by atoms with Gasteiger partial charge in [0.05, 0.1) is 7.11 Å². The first kappa shape index (κ1) is 14.6. The summed E-state index contributed by atoms with van der Waals surface area (Å²) in [6.45, 7) is 5.12. The lowest BCUT2D eigenvalue weighted by Gasteiger charge is -2.06. The van der Waals surface area contributed by atoms with Crippen LogP contribution in [0, 0.1) is 13.8 Å². The molecule has 0 aliphatic rings. The number of hydrogen-bond donors (Lipinski definition) is 1. The minimum Gasteiger partial charge on any atom is -0.468 e. The highest BCUT2D eigenvalue weighted by molar-refractivity contribution is 5.87. The standard InChI is InChI=1S/C16H22N2O2/c1-11-7-14-13(5-4-6-17)9-18(10-16(19)20-3)15(14)8-12(11)2/h7-9H,4-6,10,17H2,1-3H3. The van der Waals surface area contributed by atoms with Crippen LogP contribution in [0.5, 0.6) is 0 Å². The van der Waals surface area contributed by atoms with Crippen LogP contribution in [-0.2, 0) is 22.5 Å². The average molecular weight is 274 g/mol. The van der Waals surface area contributed by atoms with Crippen molar-refractivity contribution in [3.05, 3.63) is 35.0 Å². The lowest BCUT2D eigenvalue weighted by Crippen LogP contribution is -2.10. The van der Waals surface area contributed by atoms with Crippen LogP contribution < -0.4 is 5.73 Å². The first-order valence-electron chi connectivity index (χ1n) is 6.92. The molecule has 4 heteroatoms. The molecule has 0 fully saturated rings. The Morgan fingerprint density at radius 3 is 2.65 bits per heavy atom. The van der Waals surface area contributed by atoms with Crippen LogP contribution in [0.1, 0.15) is 23.1 Å². The molecule has 0 saturated heterocycles. The molecular weight excluding hydrogens is 252 g/mol. The monoisotopic (exact) mass is 274 g/mol. The molecule has 2 aromatic rings. The molecule has 1 heterocycles. The molecule has 0 unspecified atom stereocenters. The number of aromatic nitrogens is 1. The molecule has 0 aliphatic carbocycles. The van der Waals surface area contributed by atoms with Crippen LogP contribution in [0.15, 0.2) is 18.3 Å². The molecule has 2 rings (SSSR count). The summed E-state index contributed by atoms with van der Waals surface area (Å²) in [5.41, 5.74) is 10.4. The number of nitrogens with zero attached hydrogens (tertiary/aromatic N) is 1. The third-order valence-corrected chi connectivity index (χ3v) is 3.76. The minimum absolute atomic E-state index is 0.231. The summed E-state index contributed by atoms with van der Waals surface area (Å²) >= 11 is 0. The number of methoxy groups -OCH3 is 1. The maximum absolute atomic E-state index is 11.5. The van der Waals surface area contributed by atoms with Gasteiger partial charge in [0.2, 0.25) is 0 Å². The zero-order chi connectivity index (χ0) is 14.7. The third kappa shape index (κ3) is 2.85. The van der Waals surface area contributed by atoms with E-state index < -0.39 is 0 Å². The largest absolute Gasteiger partial charge is 0.468 e. The van der Waals surface area contributed by atoms with Crippen LogP contribution in [0.4, 0.5) is 0 Å². The van der Waals surface area contributed by atoms with Crippen LogP contribution >= 0.6 is 0 Å². The fourth-order valence-corrected chi connectivity index (χ4v) is 2.45. The summed E-state index contributed by atoms with van der Waals surface area (Å²) in [4.78, 5) is 11.5. The number of ether oxygens (including phenoxy) is 1. The summed E-state index contributed by atoms with van der Waals surface area (Å²) in [5, 5.41) is 1.21. The Balaban J connectivity index is 2.51. The molecule has 0 aliphatic heterocycles. The van der Waals surface area contributed by atoms with Gasteiger partial charge >= 0.3 is 5.97 Å². The van der Waals surface area contributed by atoms with Crippen LogP contribution in [0.25, 0.3) is 10.9 Å². The van der Waals surface area contributed by atoms with Gasteiger partial charge in [-0.05, 0) is 62.1 Å². The molecule has 0 spiro atoms. The van der Waals surface area contributed by atoms with Crippen LogP contribution in [0.3, 0.4) is 0 Å². The topological polar surface area (TPSA) is 57.2 Å². The molecule has 0 bridgehead atoms. The van der Waals surface area contributed by atoms with E-state index in [9.17, 15) is 4.79 Å².